The Bertz CT molecular complexity index is 217. The van der Waals surface area contributed by atoms with Crippen LogP contribution in [0.15, 0.2) is 0 Å². The zero-order chi connectivity index (χ0) is 12.0. The molecule has 0 aromatic carbocycles. The Labute approximate surface area is 98.5 Å². The first kappa shape index (κ1) is 13.5. The number of likely N-dealkylation sites (N-methyl/N-ethyl adjacent to an activating group) is 1. The lowest BCUT2D eigenvalue weighted by Gasteiger charge is -2.26. The van der Waals surface area contributed by atoms with E-state index in [0.29, 0.717) is 0 Å². The fourth-order valence-corrected chi connectivity index (χ4v) is 2.31. The second-order valence-electron chi connectivity index (χ2n) is 4.24. The van der Waals surface area contributed by atoms with Gasteiger partial charge < -0.3 is 9.64 Å². The van der Waals surface area contributed by atoms with E-state index >= 15 is 0 Å². The molecule has 0 spiro atoms. The van der Waals surface area contributed by atoms with Gasteiger partial charge in [-0.3, -0.25) is 9.69 Å². The topological polar surface area (TPSA) is 32.8 Å². The zero-order valence-corrected chi connectivity index (χ0v) is 10.7. The van der Waals surface area contributed by atoms with Gasteiger partial charge in [-0.1, -0.05) is 13.8 Å². The van der Waals surface area contributed by atoms with Crippen LogP contribution in [0.5, 0.6) is 0 Å². The first-order valence-electron chi connectivity index (χ1n) is 6.27. The number of likely N-dealkylation sites (tertiary alicyclic amines) is 1. The van der Waals surface area contributed by atoms with E-state index in [-0.39, 0.29) is 12.0 Å². The molecule has 0 N–H and O–H groups in total. The maximum atomic E-state index is 11.5. The summed E-state index contributed by atoms with van der Waals surface area (Å²) in [5.74, 6) is -0.0722. The first-order chi connectivity index (χ1) is 7.72. The van der Waals surface area contributed by atoms with Crippen molar-refractivity contribution in [2.45, 2.75) is 32.7 Å². The molecule has 0 radical (unpaired) electrons. The summed E-state index contributed by atoms with van der Waals surface area (Å²) >= 11 is 0. The van der Waals surface area contributed by atoms with Crippen LogP contribution in [0.4, 0.5) is 0 Å². The highest BCUT2D eigenvalue weighted by Gasteiger charge is 2.30. The van der Waals surface area contributed by atoms with Gasteiger partial charge in [0, 0.05) is 13.1 Å². The van der Waals surface area contributed by atoms with Crippen molar-refractivity contribution in [3.63, 3.8) is 0 Å². The zero-order valence-electron chi connectivity index (χ0n) is 10.7. The Morgan fingerprint density at radius 3 is 2.69 bits per heavy atom. The van der Waals surface area contributed by atoms with Crippen molar-refractivity contribution >= 4 is 5.97 Å². The third-order valence-corrected chi connectivity index (χ3v) is 3.43. The maximum Gasteiger partial charge on any atom is 0.323 e. The Morgan fingerprint density at radius 1 is 1.44 bits per heavy atom. The standard InChI is InChI=1S/C12H24N2O2/c1-4-13(5-2)9-10-14-8-6-7-11(14)12(15)16-3/h11H,4-10H2,1-3H3. The summed E-state index contributed by atoms with van der Waals surface area (Å²) in [7, 11) is 1.48. The lowest BCUT2D eigenvalue weighted by Crippen LogP contribution is -2.41. The SMILES string of the molecule is CCN(CC)CCN1CCCC1C(=O)OC. The van der Waals surface area contributed by atoms with Crippen molar-refractivity contribution < 1.29 is 9.53 Å². The minimum atomic E-state index is -0.0722. The summed E-state index contributed by atoms with van der Waals surface area (Å²) < 4.78 is 4.83. The number of esters is 1. The molecular weight excluding hydrogens is 204 g/mol. The number of nitrogens with zero attached hydrogens (tertiary/aromatic N) is 2. The van der Waals surface area contributed by atoms with Crippen LogP contribution in [-0.4, -0.2) is 61.6 Å². The molecule has 1 saturated heterocycles. The number of hydrogen-bond acceptors (Lipinski definition) is 4. The van der Waals surface area contributed by atoms with Crippen molar-refractivity contribution in [1.82, 2.24) is 9.80 Å². The second kappa shape index (κ2) is 6.86. The molecule has 0 saturated carbocycles. The van der Waals surface area contributed by atoms with Crippen LogP contribution in [0.25, 0.3) is 0 Å². The van der Waals surface area contributed by atoms with E-state index in [1.54, 1.807) is 0 Å². The molecule has 1 aliphatic rings. The third kappa shape index (κ3) is 3.46. The summed E-state index contributed by atoms with van der Waals surface area (Å²) in [6.45, 7) is 9.54. The predicted octanol–water partition coefficient (Wildman–Crippen LogP) is 0.966. The van der Waals surface area contributed by atoms with Gasteiger partial charge in [0.25, 0.3) is 0 Å². The van der Waals surface area contributed by atoms with Gasteiger partial charge in [-0.15, -0.1) is 0 Å². The molecule has 1 heterocycles. The summed E-state index contributed by atoms with van der Waals surface area (Å²) in [5.41, 5.74) is 0. The van der Waals surface area contributed by atoms with Crippen molar-refractivity contribution in [3.05, 3.63) is 0 Å². The number of ether oxygens (including phenoxy) is 1. The smallest absolute Gasteiger partial charge is 0.323 e. The fraction of sp³-hybridized carbons (Fsp3) is 0.917. The van der Waals surface area contributed by atoms with Crippen molar-refractivity contribution in [2.24, 2.45) is 0 Å². The molecule has 0 amide bonds. The molecule has 94 valence electrons. The minimum absolute atomic E-state index is 0.000521. The highest BCUT2D eigenvalue weighted by Crippen LogP contribution is 2.17. The molecule has 0 aromatic heterocycles. The van der Waals surface area contributed by atoms with E-state index in [1.165, 1.54) is 7.11 Å². The molecule has 4 nitrogen and oxygen atoms in total. The monoisotopic (exact) mass is 228 g/mol. The molecule has 16 heavy (non-hydrogen) atoms. The molecule has 0 aliphatic carbocycles. The van der Waals surface area contributed by atoms with Gasteiger partial charge in [0.15, 0.2) is 0 Å². The van der Waals surface area contributed by atoms with Gasteiger partial charge in [-0.2, -0.15) is 0 Å². The molecule has 1 rings (SSSR count). The molecule has 1 fully saturated rings. The van der Waals surface area contributed by atoms with E-state index in [2.05, 4.69) is 23.6 Å². The Hall–Kier alpha value is -0.610. The fourth-order valence-electron chi connectivity index (χ4n) is 2.31. The van der Waals surface area contributed by atoms with Gasteiger partial charge >= 0.3 is 5.97 Å². The Balaban J connectivity index is 2.37. The molecule has 1 aliphatic heterocycles. The molecule has 0 bridgehead atoms. The van der Waals surface area contributed by atoms with Gasteiger partial charge in [0.05, 0.1) is 7.11 Å². The normalized spacial score (nSPS) is 21.6. The van der Waals surface area contributed by atoms with Crippen molar-refractivity contribution in [1.29, 1.82) is 0 Å². The van der Waals surface area contributed by atoms with Crippen LogP contribution in [0, 0.1) is 0 Å². The van der Waals surface area contributed by atoms with E-state index in [1.807, 2.05) is 0 Å². The average molecular weight is 228 g/mol. The maximum absolute atomic E-state index is 11.5. The van der Waals surface area contributed by atoms with Crippen LogP contribution in [0.2, 0.25) is 0 Å². The second-order valence-corrected chi connectivity index (χ2v) is 4.24. The van der Waals surface area contributed by atoms with Crippen molar-refractivity contribution in [3.8, 4) is 0 Å². The minimum Gasteiger partial charge on any atom is -0.468 e. The molecule has 1 atom stereocenters. The molecule has 4 heteroatoms. The van der Waals surface area contributed by atoms with Gasteiger partial charge in [0.1, 0.15) is 6.04 Å². The van der Waals surface area contributed by atoms with E-state index in [0.717, 1.165) is 45.6 Å². The van der Waals surface area contributed by atoms with E-state index < -0.39 is 0 Å². The van der Waals surface area contributed by atoms with Crippen molar-refractivity contribution in [2.75, 3.05) is 39.8 Å². The Kier molecular flexibility index (Phi) is 5.77. The summed E-state index contributed by atoms with van der Waals surface area (Å²) in [4.78, 5) is 16.2. The molecular formula is C12H24N2O2. The van der Waals surface area contributed by atoms with Gasteiger partial charge in [-0.25, -0.2) is 0 Å². The van der Waals surface area contributed by atoms with E-state index in [4.69, 9.17) is 4.74 Å². The predicted molar refractivity (Wildman–Crippen MR) is 64.4 cm³/mol. The molecule has 0 aromatic rings. The van der Waals surface area contributed by atoms with Gasteiger partial charge in [0.2, 0.25) is 0 Å². The number of carbonyl (C=O) groups excluding carboxylic acids is 1. The number of rotatable bonds is 6. The van der Waals surface area contributed by atoms with Crippen LogP contribution in [0.1, 0.15) is 26.7 Å². The van der Waals surface area contributed by atoms with Gasteiger partial charge in [-0.05, 0) is 32.5 Å². The van der Waals surface area contributed by atoms with E-state index in [9.17, 15) is 4.79 Å². The number of methoxy groups -OCH3 is 1. The van der Waals surface area contributed by atoms with Crippen LogP contribution < -0.4 is 0 Å². The summed E-state index contributed by atoms with van der Waals surface area (Å²) in [5, 5.41) is 0. The number of hydrogen-bond donors (Lipinski definition) is 0. The quantitative estimate of drug-likeness (QED) is 0.634. The largest absolute Gasteiger partial charge is 0.468 e. The average Bonchev–Trinajstić information content (AvgIpc) is 2.77. The third-order valence-electron chi connectivity index (χ3n) is 3.43. The highest BCUT2D eigenvalue weighted by molar-refractivity contribution is 5.75. The Morgan fingerprint density at radius 2 is 2.12 bits per heavy atom. The summed E-state index contributed by atoms with van der Waals surface area (Å²) in [6, 6.07) is 0.000521. The summed E-state index contributed by atoms with van der Waals surface area (Å²) in [6.07, 6.45) is 2.06. The lowest BCUT2D eigenvalue weighted by molar-refractivity contribution is -0.145. The van der Waals surface area contributed by atoms with Crippen LogP contribution in [0.3, 0.4) is 0 Å². The van der Waals surface area contributed by atoms with Crippen LogP contribution >= 0.6 is 0 Å². The highest BCUT2D eigenvalue weighted by atomic mass is 16.5. The molecule has 1 unspecified atom stereocenters. The van der Waals surface area contributed by atoms with Crippen LogP contribution in [-0.2, 0) is 9.53 Å². The lowest BCUT2D eigenvalue weighted by atomic mass is 10.2. The number of carbonyl (C=O) groups is 1. The first-order valence-corrected chi connectivity index (χ1v) is 6.27.